The van der Waals surface area contributed by atoms with E-state index in [1.807, 2.05) is 91.0 Å². The fraction of sp³-hybridized carbons (Fsp3) is 0.143. The van der Waals surface area contributed by atoms with E-state index < -0.39 is 7.37 Å². The molecule has 0 bridgehead atoms. The average Bonchev–Trinajstić information content (AvgIpc) is 2.63. The average molecular weight is 336 g/mol. The first-order valence-electron chi connectivity index (χ1n) is 8.08. The predicted octanol–water partition coefficient (Wildman–Crippen LogP) is 5.88. The third kappa shape index (κ3) is 4.92. The largest absolute Gasteiger partial charge is 0.323 e. The number of hydrogen-bond donors (Lipinski definition) is 0. The molecule has 3 aromatic rings. The normalized spacial score (nSPS) is 11.3. The standard InChI is InChI=1S/C21H21O2P/c22-24(17-20-12-6-2-7-13-20,18-21-14-8-3-9-15-21)23-16-19-10-4-1-5-11-19/h1-15H,16-18H2. The molecule has 0 spiro atoms. The molecule has 2 nitrogen and oxygen atoms in total. The predicted molar refractivity (Wildman–Crippen MR) is 99.1 cm³/mol. The molecule has 3 aromatic carbocycles. The lowest BCUT2D eigenvalue weighted by molar-refractivity contribution is 0.301. The van der Waals surface area contributed by atoms with Crippen molar-refractivity contribution in [3.63, 3.8) is 0 Å². The number of rotatable bonds is 7. The topological polar surface area (TPSA) is 26.3 Å². The van der Waals surface area contributed by atoms with Crippen LogP contribution in [0, 0.1) is 0 Å². The summed E-state index contributed by atoms with van der Waals surface area (Å²) in [6, 6.07) is 29.7. The fourth-order valence-electron chi connectivity index (χ4n) is 2.64. The highest BCUT2D eigenvalue weighted by Crippen LogP contribution is 2.53. The maximum absolute atomic E-state index is 13.5. The number of hydrogen-bond acceptors (Lipinski definition) is 2. The van der Waals surface area contributed by atoms with E-state index in [0.717, 1.165) is 16.7 Å². The van der Waals surface area contributed by atoms with Crippen molar-refractivity contribution >= 4 is 7.37 Å². The molecule has 0 heterocycles. The minimum atomic E-state index is -2.83. The summed E-state index contributed by atoms with van der Waals surface area (Å²) < 4.78 is 19.5. The molecule has 0 N–H and O–H groups in total. The van der Waals surface area contributed by atoms with Gasteiger partial charge in [0.1, 0.15) is 0 Å². The van der Waals surface area contributed by atoms with Crippen LogP contribution in [-0.2, 0) is 28.0 Å². The summed E-state index contributed by atoms with van der Waals surface area (Å²) in [6.07, 6.45) is 0.908. The Morgan fingerprint density at radius 1 is 0.583 bits per heavy atom. The van der Waals surface area contributed by atoms with E-state index in [2.05, 4.69) is 0 Å². The van der Waals surface area contributed by atoms with Crippen molar-refractivity contribution in [1.82, 2.24) is 0 Å². The van der Waals surface area contributed by atoms with Crippen LogP contribution in [0.5, 0.6) is 0 Å². The Balaban J connectivity index is 1.78. The Hall–Kier alpha value is -2.15. The van der Waals surface area contributed by atoms with Crippen LogP contribution in [0.25, 0.3) is 0 Å². The van der Waals surface area contributed by atoms with E-state index in [9.17, 15) is 4.57 Å². The zero-order valence-electron chi connectivity index (χ0n) is 13.5. The van der Waals surface area contributed by atoms with E-state index in [0.29, 0.717) is 18.9 Å². The summed E-state index contributed by atoms with van der Waals surface area (Å²) in [6.45, 7) is 0.373. The second-order valence-corrected chi connectivity index (χ2v) is 8.38. The zero-order chi connectivity index (χ0) is 16.7. The lowest BCUT2D eigenvalue weighted by Gasteiger charge is -2.19. The lowest BCUT2D eigenvalue weighted by atomic mass is 10.2. The van der Waals surface area contributed by atoms with Gasteiger partial charge in [-0.25, -0.2) is 0 Å². The van der Waals surface area contributed by atoms with Crippen LogP contribution in [0.1, 0.15) is 16.7 Å². The van der Waals surface area contributed by atoms with Crippen LogP contribution in [0.2, 0.25) is 0 Å². The molecule has 0 saturated heterocycles. The van der Waals surface area contributed by atoms with Crippen molar-refractivity contribution in [1.29, 1.82) is 0 Å². The summed E-state index contributed by atoms with van der Waals surface area (Å²) in [5, 5.41) is 0. The van der Waals surface area contributed by atoms with Gasteiger partial charge in [-0.05, 0) is 16.7 Å². The molecular formula is C21H21O2P. The fourth-order valence-corrected chi connectivity index (χ4v) is 4.85. The van der Waals surface area contributed by atoms with Crippen molar-refractivity contribution in [3.05, 3.63) is 108 Å². The minimum absolute atomic E-state index is 0.373. The van der Waals surface area contributed by atoms with Gasteiger partial charge >= 0.3 is 0 Å². The molecule has 3 rings (SSSR count). The maximum atomic E-state index is 13.5. The molecule has 0 amide bonds. The molecule has 24 heavy (non-hydrogen) atoms. The highest BCUT2D eigenvalue weighted by Gasteiger charge is 2.24. The molecular weight excluding hydrogens is 315 g/mol. The molecule has 3 heteroatoms. The first-order valence-corrected chi connectivity index (χ1v) is 10.1. The molecule has 0 fully saturated rings. The first-order chi connectivity index (χ1) is 11.7. The minimum Gasteiger partial charge on any atom is -0.323 e. The molecule has 0 aliphatic heterocycles. The highest BCUT2D eigenvalue weighted by molar-refractivity contribution is 7.57. The van der Waals surface area contributed by atoms with Crippen molar-refractivity contribution in [2.75, 3.05) is 0 Å². The molecule has 0 aromatic heterocycles. The molecule has 0 atom stereocenters. The van der Waals surface area contributed by atoms with E-state index in [4.69, 9.17) is 4.52 Å². The lowest BCUT2D eigenvalue weighted by Crippen LogP contribution is -1.99. The van der Waals surface area contributed by atoms with Gasteiger partial charge in [0, 0.05) is 0 Å². The quantitative estimate of drug-likeness (QED) is 0.503. The third-order valence-corrected chi connectivity index (χ3v) is 6.14. The van der Waals surface area contributed by atoms with Gasteiger partial charge in [0.2, 0.25) is 7.37 Å². The molecule has 0 aliphatic carbocycles. The molecule has 0 saturated carbocycles. The van der Waals surface area contributed by atoms with E-state index in [1.54, 1.807) is 0 Å². The van der Waals surface area contributed by atoms with E-state index in [1.165, 1.54) is 0 Å². The van der Waals surface area contributed by atoms with Crippen LogP contribution < -0.4 is 0 Å². The van der Waals surface area contributed by atoms with Crippen molar-refractivity contribution < 1.29 is 9.09 Å². The molecule has 0 aliphatic rings. The van der Waals surface area contributed by atoms with Crippen molar-refractivity contribution in [3.8, 4) is 0 Å². The van der Waals surface area contributed by atoms with Crippen LogP contribution in [0.3, 0.4) is 0 Å². The van der Waals surface area contributed by atoms with E-state index in [-0.39, 0.29) is 0 Å². The van der Waals surface area contributed by atoms with Crippen molar-refractivity contribution in [2.24, 2.45) is 0 Å². The van der Waals surface area contributed by atoms with Gasteiger partial charge in [0.05, 0.1) is 18.9 Å². The second-order valence-electron chi connectivity index (χ2n) is 5.86. The Kier molecular flexibility index (Phi) is 5.63. The van der Waals surface area contributed by atoms with Crippen molar-refractivity contribution in [2.45, 2.75) is 18.9 Å². The summed E-state index contributed by atoms with van der Waals surface area (Å²) >= 11 is 0. The summed E-state index contributed by atoms with van der Waals surface area (Å²) in [7, 11) is -2.83. The summed E-state index contributed by atoms with van der Waals surface area (Å²) in [5.74, 6) is 0. The van der Waals surface area contributed by atoms with Crippen LogP contribution in [0.4, 0.5) is 0 Å². The van der Waals surface area contributed by atoms with Gasteiger partial charge in [0.25, 0.3) is 0 Å². The van der Waals surface area contributed by atoms with Gasteiger partial charge < -0.3 is 4.52 Å². The van der Waals surface area contributed by atoms with Gasteiger partial charge in [-0.1, -0.05) is 91.0 Å². The highest BCUT2D eigenvalue weighted by atomic mass is 31.2. The Morgan fingerprint density at radius 2 is 0.958 bits per heavy atom. The van der Waals surface area contributed by atoms with Gasteiger partial charge in [-0.2, -0.15) is 0 Å². The van der Waals surface area contributed by atoms with Crippen LogP contribution >= 0.6 is 7.37 Å². The molecule has 0 unspecified atom stereocenters. The SMILES string of the molecule is O=P(Cc1ccccc1)(Cc1ccccc1)OCc1ccccc1. The Bertz CT molecular complexity index is 740. The summed E-state index contributed by atoms with van der Waals surface area (Å²) in [5.41, 5.74) is 3.13. The second kappa shape index (κ2) is 8.10. The monoisotopic (exact) mass is 336 g/mol. The van der Waals surface area contributed by atoms with Gasteiger partial charge in [0.15, 0.2) is 0 Å². The van der Waals surface area contributed by atoms with Crippen LogP contribution in [0.15, 0.2) is 91.0 Å². The number of benzene rings is 3. The van der Waals surface area contributed by atoms with Crippen LogP contribution in [-0.4, -0.2) is 0 Å². The maximum Gasteiger partial charge on any atom is 0.211 e. The van der Waals surface area contributed by atoms with Gasteiger partial charge in [-0.15, -0.1) is 0 Å². The van der Waals surface area contributed by atoms with E-state index >= 15 is 0 Å². The first kappa shape index (κ1) is 16.7. The molecule has 122 valence electrons. The smallest absolute Gasteiger partial charge is 0.211 e. The Morgan fingerprint density at radius 3 is 1.38 bits per heavy atom. The summed E-state index contributed by atoms with van der Waals surface area (Å²) in [4.78, 5) is 0. The third-order valence-electron chi connectivity index (χ3n) is 3.84. The van der Waals surface area contributed by atoms with Gasteiger partial charge in [-0.3, -0.25) is 4.57 Å². The molecule has 0 radical (unpaired) electrons. The Labute approximate surface area is 143 Å². The zero-order valence-corrected chi connectivity index (χ0v) is 14.4.